The Bertz CT molecular complexity index is 651. The van der Waals surface area contributed by atoms with Gasteiger partial charge in [0.25, 0.3) is 0 Å². The molecular formula is C16H16N2O3. The number of carboxylic acid groups (broad SMARTS) is 1. The SMILES string of the molecule is NC(=O)c1ccc(-c2cccc(CCNC(=O)O)c2)cc1. The lowest BCUT2D eigenvalue weighted by molar-refractivity contribution is 0.1000. The maximum atomic E-state index is 11.0. The molecule has 0 radical (unpaired) electrons. The second-order valence-corrected chi connectivity index (χ2v) is 4.62. The molecule has 0 aliphatic rings. The van der Waals surface area contributed by atoms with E-state index in [1.54, 1.807) is 12.1 Å². The van der Waals surface area contributed by atoms with Crippen molar-refractivity contribution in [2.75, 3.05) is 6.54 Å². The molecule has 2 aromatic carbocycles. The van der Waals surface area contributed by atoms with Gasteiger partial charge < -0.3 is 16.2 Å². The van der Waals surface area contributed by atoms with Gasteiger partial charge in [0.15, 0.2) is 0 Å². The molecule has 5 nitrogen and oxygen atoms in total. The smallest absolute Gasteiger partial charge is 0.404 e. The fraction of sp³-hybridized carbons (Fsp3) is 0.125. The van der Waals surface area contributed by atoms with Gasteiger partial charge in [-0.15, -0.1) is 0 Å². The number of rotatable bonds is 5. The maximum Gasteiger partial charge on any atom is 0.404 e. The van der Waals surface area contributed by atoms with Crippen LogP contribution in [0.25, 0.3) is 11.1 Å². The summed E-state index contributed by atoms with van der Waals surface area (Å²) in [7, 11) is 0. The Balaban J connectivity index is 2.12. The molecular weight excluding hydrogens is 268 g/mol. The standard InChI is InChI=1S/C16H16N2O3/c17-15(19)13-6-4-12(5-7-13)14-3-1-2-11(10-14)8-9-18-16(20)21/h1-7,10,18H,8-9H2,(H2,17,19)(H,20,21). The summed E-state index contributed by atoms with van der Waals surface area (Å²) < 4.78 is 0. The molecule has 21 heavy (non-hydrogen) atoms. The lowest BCUT2D eigenvalue weighted by atomic mass is 10.0. The van der Waals surface area contributed by atoms with E-state index in [0.717, 1.165) is 16.7 Å². The molecule has 0 unspecified atom stereocenters. The molecule has 2 aromatic rings. The molecule has 108 valence electrons. The van der Waals surface area contributed by atoms with Crippen LogP contribution in [0.15, 0.2) is 48.5 Å². The average Bonchev–Trinajstić information content (AvgIpc) is 2.47. The minimum atomic E-state index is -1.02. The summed E-state index contributed by atoms with van der Waals surface area (Å²) in [6.45, 7) is 0.374. The van der Waals surface area contributed by atoms with Gasteiger partial charge in [-0.3, -0.25) is 4.79 Å². The van der Waals surface area contributed by atoms with Crippen molar-refractivity contribution in [1.29, 1.82) is 0 Å². The molecule has 0 aliphatic carbocycles. The fourth-order valence-corrected chi connectivity index (χ4v) is 2.05. The second kappa shape index (κ2) is 6.56. The van der Waals surface area contributed by atoms with Crippen molar-refractivity contribution in [2.45, 2.75) is 6.42 Å². The zero-order chi connectivity index (χ0) is 15.2. The van der Waals surface area contributed by atoms with E-state index in [0.29, 0.717) is 18.5 Å². The molecule has 0 fully saturated rings. The van der Waals surface area contributed by atoms with E-state index in [-0.39, 0.29) is 0 Å². The van der Waals surface area contributed by atoms with Gasteiger partial charge in [0.1, 0.15) is 0 Å². The van der Waals surface area contributed by atoms with Crippen LogP contribution in [0.4, 0.5) is 4.79 Å². The van der Waals surface area contributed by atoms with Crippen molar-refractivity contribution in [3.8, 4) is 11.1 Å². The molecule has 0 saturated carbocycles. The van der Waals surface area contributed by atoms with Gasteiger partial charge in [-0.05, 0) is 35.2 Å². The number of amides is 2. The Morgan fingerprint density at radius 3 is 2.38 bits per heavy atom. The van der Waals surface area contributed by atoms with Crippen molar-refractivity contribution in [3.63, 3.8) is 0 Å². The van der Waals surface area contributed by atoms with Gasteiger partial charge in [-0.2, -0.15) is 0 Å². The molecule has 0 atom stereocenters. The highest BCUT2D eigenvalue weighted by Gasteiger charge is 2.03. The Kier molecular flexibility index (Phi) is 4.56. The van der Waals surface area contributed by atoms with Crippen LogP contribution in [0.3, 0.4) is 0 Å². The summed E-state index contributed by atoms with van der Waals surface area (Å²) in [4.78, 5) is 21.5. The second-order valence-electron chi connectivity index (χ2n) is 4.62. The van der Waals surface area contributed by atoms with Gasteiger partial charge in [-0.25, -0.2) is 4.79 Å². The van der Waals surface area contributed by atoms with Crippen LogP contribution < -0.4 is 11.1 Å². The summed E-state index contributed by atoms with van der Waals surface area (Å²) in [6, 6.07) is 14.9. The molecule has 2 amide bonds. The van der Waals surface area contributed by atoms with Crippen LogP contribution in [0.1, 0.15) is 15.9 Å². The van der Waals surface area contributed by atoms with Gasteiger partial charge in [-0.1, -0.05) is 36.4 Å². The van der Waals surface area contributed by atoms with E-state index in [1.165, 1.54) is 0 Å². The van der Waals surface area contributed by atoms with Crippen LogP contribution in [-0.4, -0.2) is 23.7 Å². The first kappa shape index (κ1) is 14.6. The van der Waals surface area contributed by atoms with Crippen molar-refractivity contribution in [2.24, 2.45) is 5.73 Å². The predicted octanol–water partition coefficient (Wildman–Crippen LogP) is 2.26. The Labute approximate surface area is 122 Å². The molecule has 0 aliphatic heterocycles. The number of carbonyl (C=O) groups is 2. The normalized spacial score (nSPS) is 10.1. The summed E-state index contributed by atoms with van der Waals surface area (Å²) in [5, 5.41) is 10.9. The molecule has 0 aromatic heterocycles. The van der Waals surface area contributed by atoms with Gasteiger partial charge in [0.2, 0.25) is 5.91 Å². The summed E-state index contributed by atoms with van der Waals surface area (Å²) in [5.41, 5.74) is 8.72. The first-order valence-corrected chi connectivity index (χ1v) is 6.52. The molecule has 2 rings (SSSR count). The Morgan fingerprint density at radius 1 is 1.05 bits per heavy atom. The van der Waals surface area contributed by atoms with Crippen molar-refractivity contribution in [3.05, 3.63) is 59.7 Å². The van der Waals surface area contributed by atoms with E-state index in [9.17, 15) is 9.59 Å². The highest BCUT2D eigenvalue weighted by molar-refractivity contribution is 5.93. The number of carbonyl (C=O) groups excluding carboxylic acids is 1. The minimum Gasteiger partial charge on any atom is -0.465 e. The molecule has 0 spiro atoms. The minimum absolute atomic E-state index is 0.374. The topological polar surface area (TPSA) is 92.4 Å². The molecule has 0 heterocycles. The Hall–Kier alpha value is -2.82. The quantitative estimate of drug-likeness (QED) is 0.786. The van der Waals surface area contributed by atoms with Crippen LogP contribution in [0.2, 0.25) is 0 Å². The van der Waals surface area contributed by atoms with Crippen LogP contribution in [0, 0.1) is 0 Å². The zero-order valence-corrected chi connectivity index (χ0v) is 11.4. The van der Waals surface area contributed by atoms with Gasteiger partial charge in [0.05, 0.1) is 0 Å². The van der Waals surface area contributed by atoms with Crippen LogP contribution >= 0.6 is 0 Å². The lowest BCUT2D eigenvalue weighted by Crippen LogP contribution is -2.23. The number of benzene rings is 2. The largest absolute Gasteiger partial charge is 0.465 e. The highest BCUT2D eigenvalue weighted by atomic mass is 16.4. The molecule has 4 N–H and O–H groups in total. The van der Waals surface area contributed by atoms with E-state index < -0.39 is 12.0 Å². The first-order valence-electron chi connectivity index (χ1n) is 6.52. The van der Waals surface area contributed by atoms with E-state index >= 15 is 0 Å². The monoisotopic (exact) mass is 284 g/mol. The highest BCUT2D eigenvalue weighted by Crippen LogP contribution is 2.21. The molecule has 5 heteroatoms. The average molecular weight is 284 g/mol. The molecule has 0 bridgehead atoms. The first-order chi connectivity index (χ1) is 10.1. The van der Waals surface area contributed by atoms with E-state index in [4.69, 9.17) is 10.8 Å². The summed E-state index contributed by atoms with van der Waals surface area (Å²) in [5.74, 6) is -0.449. The summed E-state index contributed by atoms with van der Waals surface area (Å²) >= 11 is 0. The predicted molar refractivity (Wildman–Crippen MR) is 80.1 cm³/mol. The van der Waals surface area contributed by atoms with Gasteiger partial charge in [0, 0.05) is 12.1 Å². The number of nitrogens with two attached hydrogens (primary N) is 1. The lowest BCUT2D eigenvalue weighted by Gasteiger charge is -2.06. The number of hydrogen-bond acceptors (Lipinski definition) is 2. The number of hydrogen-bond donors (Lipinski definition) is 3. The number of nitrogens with one attached hydrogen (secondary N) is 1. The third kappa shape index (κ3) is 4.07. The van der Waals surface area contributed by atoms with E-state index in [2.05, 4.69) is 5.32 Å². The summed E-state index contributed by atoms with van der Waals surface area (Å²) in [6.07, 6.45) is -0.396. The van der Waals surface area contributed by atoms with Crippen molar-refractivity contribution in [1.82, 2.24) is 5.32 Å². The fourth-order valence-electron chi connectivity index (χ4n) is 2.05. The number of primary amides is 1. The maximum absolute atomic E-state index is 11.0. The van der Waals surface area contributed by atoms with E-state index in [1.807, 2.05) is 36.4 Å². The van der Waals surface area contributed by atoms with Crippen molar-refractivity contribution < 1.29 is 14.7 Å². The van der Waals surface area contributed by atoms with Crippen molar-refractivity contribution >= 4 is 12.0 Å². The Morgan fingerprint density at radius 2 is 1.76 bits per heavy atom. The zero-order valence-electron chi connectivity index (χ0n) is 11.4. The third-order valence-electron chi connectivity index (χ3n) is 3.12. The molecule has 0 saturated heterocycles. The third-order valence-corrected chi connectivity index (χ3v) is 3.12. The van der Waals surface area contributed by atoms with Crippen LogP contribution in [-0.2, 0) is 6.42 Å². The van der Waals surface area contributed by atoms with Crippen LogP contribution in [0.5, 0.6) is 0 Å². The van der Waals surface area contributed by atoms with Gasteiger partial charge >= 0.3 is 6.09 Å².